The molecule has 0 aromatic heterocycles. The molecular formula is C20H23FN2O4S. The summed E-state index contributed by atoms with van der Waals surface area (Å²) < 4.78 is 45.8. The van der Waals surface area contributed by atoms with Gasteiger partial charge in [-0.3, -0.25) is 4.79 Å². The molecule has 8 heteroatoms. The maximum absolute atomic E-state index is 14.2. The van der Waals surface area contributed by atoms with Crippen molar-refractivity contribution in [2.75, 3.05) is 26.7 Å². The van der Waals surface area contributed by atoms with Crippen molar-refractivity contribution in [3.63, 3.8) is 0 Å². The molecule has 0 bridgehead atoms. The van der Waals surface area contributed by atoms with Gasteiger partial charge in [-0.15, -0.1) is 0 Å². The maximum Gasteiger partial charge on any atom is 0.251 e. The van der Waals surface area contributed by atoms with E-state index < -0.39 is 26.6 Å². The maximum atomic E-state index is 14.2. The predicted octanol–water partition coefficient (Wildman–Crippen LogP) is 2.59. The van der Waals surface area contributed by atoms with Crippen molar-refractivity contribution < 1.29 is 22.3 Å². The van der Waals surface area contributed by atoms with Crippen LogP contribution in [0.1, 0.15) is 28.8 Å². The lowest BCUT2D eigenvalue weighted by Crippen LogP contribution is -2.30. The Balaban J connectivity index is 1.66. The van der Waals surface area contributed by atoms with E-state index in [-0.39, 0.29) is 5.56 Å². The van der Waals surface area contributed by atoms with E-state index in [0.717, 1.165) is 36.3 Å². The van der Waals surface area contributed by atoms with Gasteiger partial charge >= 0.3 is 0 Å². The van der Waals surface area contributed by atoms with Crippen LogP contribution in [0.15, 0.2) is 47.4 Å². The number of nitrogens with one attached hydrogen (secondary N) is 1. The average molecular weight is 406 g/mol. The Hall–Kier alpha value is -2.45. The predicted molar refractivity (Wildman–Crippen MR) is 103 cm³/mol. The summed E-state index contributed by atoms with van der Waals surface area (Å²) in [6.45, 7) is 1.12. The fourth-order valence-electron chi connectivity index (χ4n) is 3.12. The van der Waals surface area contributed by atoms with Crippen LogP contribution in [0.5, 0.6) is 5.75 Å². The number of nitrogens with zero attached hydrogens (tertiary/aromatic N) is 1. The zero-order chi connectivity index (χ0) is 20.1. The second-order valence-corrected chi connectivity index (χ2v) is 8.52. The van der Waals surface area contributed by atoms with Crippen LogP contribution in [-0.2, 0) is 16.4 Å². The van der Waals surface area contributed by atoms with Gasteiger partial charge in [0.25, 0.3) is 5.91 Å². The van der Waals surface area contributed by atoms with Crippen molar-refractivity contribution >= 4 is 15.9 Å². The van der Waals surface area contributed by atoms with Crippen molar-refractivity contribution in [1.82, 2.24) is 9.62 Å². The molecule has 1 aliphatic rings. The smallest absolute Gasteiger partial charge is 0.251 e. The number of carbonyl (C=O) groups is 1. The highest BCUT2D eigenvalue weighted by Crippen LogP contribution is 2.24. The molecule has 0 atom stereocenters. The standard InChI is InChI=1S/C20H23FN2O4S/c1-27-17-7-4-15(5-8-17)10-11-22-20(24)16-6-9-18(21)19(14-16)28(25,26)23-12-2-3-13-23/h4-9,14H,2-3,10-13H2,1H3,(H,22,24). The van der Waals surface area contributed by atoms with Crippen LogP contribution in [0.2, 0.25) is 0 Å². The van der Waals surface area contributed by atoms with Crippen LogP contribution in [0, 0.1) is 5.82 Å². The summed E-state index contributed by atoms with van der Waals surface area (Å²) in [5.41, 5.74) is 1.14. The fraction of sp³-hybridized carbons (Fsp3) is 0.350. The van der Waals surface area contributed by atoms with Gasteiger partial charge in [0, 0.05) is 25.2 Å². The summed E-state index contributed by atoms with van der Waals surface area (Å²) in [6, 6.07) is 10.9. The van der Waals surface area contributed by atoms with Crippen LogP contribution < -0.4 is 10.1 Å². The van der Waals surface area contributed by atoms with Crippen LogP contribution in [0.4, 0.5) is 4.39 Å². The quantitative estimate of drug-likeness (QED) is 0.767. The zero-order valence-corrected chi connectivity index (χ0v) is 16.5. The molecule has 0 saturated carbocycles. The van der Waals surface area contributed by atoms with E-state index in [4.69, 9.17) is 4.74 Å². The van der Waals surface area contributed by atoms with E-state index >= 15 is 0 Å². The van der Waals surface area contributed by atoms with E-state index in [1.807, 2.05) is 24.3 Å². The number of methoxy groups -OCH3 is 1. The Morgan fingerprint density at radius 2 is 1.82 bits per heavy atom. The number of sulfonamides is 1. The Kier molecular flexibility index (Phi) is 6.31. The highest BCUT2D eigenvalue weighted by molar-refractivity contribution is 7.89. The van der Waals surface area contributed by atoms with Crippen LogP contribution in [0.3, 0.4) is 0 Å². The molecule has 3 rings (SSSR count). The number of rotatable bonds is 7. The summed E-state index contributed by atoms with van der Waals surface area (Å²) in [4.78, 5) is 11.9. The van der Waals surface area contributed by atoms with Crippen molar-refractivity contribution in [2.45, 2.75) is 24.2 Å². The van der Waals surface area contributed by atoms with Crippen molar-refractivity contribution in [3.05, 3.63) is 59.4 Å². The minimum absolute atomic E-state index is 0.119. The first kappa shape index (κ1) is 20.3. The lowest BCUT2D eigenvalue weighted by Gasteiger charge is -2.16. The molecular weight excluding hydrogens is 383 g/mol. The summed E-state index contributed by atoms with van der Waals surface area (Å²) in [5.74, 6) is -0.529. The molecule has 0 spiro atoms. The molecule has 1 saturated heterocycles. The monoisotopic (exact) mass is 406 g/mol. The van der Waals surface area contributed by atoms with Gasteiger partial charge in [-0.1, -0.05) is 12.1 Å². The highest BCUT2D eigenvalue weighted by Gasteiger charge is 2.30. The molecule has 1 amide bonds. The Morgan fingerprint density at radius 3 is 2.46 bits per heavy atom. The molecule has 150 valence electrons. The summed E-state index contributed by atoms with van der Waals surface area (Å²) in [5, 5.41) is 2.74. The molecule has 0 unspecified atom stereocenters. The first-order valence-corrected chi connectivity index (χ1v) is 10.6. The molecule has 1 fully saturated rings. The molecule has 2 aromatic carbocycles. The third-order valence-electron chi connectivity index (χ3n) is 4.73. The van der Waals surface area contributed by atoms with E-state index in [2.05, 4.69) is 5.32 Å². The molecule has 1 aliphatic heterocycles. The van der Waals surface area contributed by atoms with E-state index in [1.165, 1.54) is 10.4 Å². The summed E-state index contributed by atoms with van der Waals surface area (Å²) >= 11 is 0. The number of hydrogen-bond acceptors (Lipinski definition) is 4. The SMILES string of the molecule is COc1ccc(CCNC(=O)c2ccc(F)c(S(=O)(=O)N3CCCC3)c2)cc1. The molecule has 28 heavy (non-hydrogen) atoms. The number of carbonyl (C=O) groups excluding carboxylic acids is 1. The van der Waals surface area contributed by atoms with Crippen molar-refractivity contribution in [3.8, 4) is 5.75 Å². The second kappa shape index (κ2) is 8.70. The topological polar surface area (TPSA) is 75.7 Å². The number of hydrogen-bond donors (Lipinski definition) is 1. The first-order valence-electron chi connectivity index (χ1n) is 9.12. The lowest BCUT2D eigenvalue weighted by molar-refractivity contribution is 0.0954. The number of benzene rings is 2. The van der Waals surface area contributed by atoms with E-state index in [0.29, 0.717) is 26.1 Å². The third kappa shape index (κ3) is 4.51. The van der Waals surface area contributed by atoms with Gasteiger partial charge in [0.2, 0.25) is 10.0 Å². The number of ether oxygens (including phenoxy) is 1. The third-order valence-corrected chi connectivity index (χ3v) is 6.65. The van der Waals surface area contributed by atoms with Crippen LogP contribution in [0.25, 0.3) is 0 Å². The minimum atomic E-state index is -3.93. The summed E-state index contributed by atoms with van der Waals surface area (Å²) in [6.07, 6.45) is 2.12. The van der Waals surface area contributed by atoms with Gasteiger partial charge in [-0.05, 0) is 55.2 Å². The Labute approximate surface area is 164 Å². The van der Waals surface area contributed by atoms with Crippen LogP contribution >= 0.6 is 0 Å². The molecule has 6 nitrogen and oxygen atoms in total. The lowest BCUT2D eigenvalue weighted by atomic mass is 10.1. The van der Waals surface area contributed by atoms with Gasteiger partial charge in [0.05, 0.1) is 7.11 Å². The molecule has 1 heterocycles. The van der Waals surface area contributed by atoms with Gasteiger partial charge in [0.15, 0.2) is 0 Å². The van der Waals surface area contributed by atoms with Crippen LogP contribution in [-0.4, -0.2) is 45.4 Å². The van der Waals surface area contributed by atoms with Gasteiger partial charge in [-0.25, -0.2) is 12.8 Å². The van der Waals surface area contributed by atoms with Gasteiger partial charge < -0.3 is 10.1 Å². The highest BCUT2D eigenvalue weighted by atomic mass is 32.2. The van der Waals surface area contributed by atoms with Crippen molar-refractivity contribution in [1.29, 1.82) is 0 Å². The Morgan fingerprint density at radius 1 is 1.14 bits per heavy atom. The van der Waals surface area contributed by atoms with E-state index in [1.54, 1.807) is 7.11 Å². The average Bonchev–Trinajstić information content (AvgIpc) is 3.24. The molecule has 0 aliphatic carbocycles. The number of halogens is 1. The van der Waals surface area contributed by atoms with Gasteiger partial charge in [-0.2, -0.15) is 4.31 Å². The molecule has 2 aromatic rings. The summed E-state index contributed by atoms with van der Waals surface area (Å²) in [7, 11) is -2.34. The fourth-order valence-corrected chi connectivity index (χ4v) is 4.73. The first-order chi connectivity index (χ1) is 13.4. The largest absolute Gasteiger partial charge is 0.497 e. The van der Waals surface area contributed by atoms with Gasteiger partial charge in [0.1, 0.15) is 16.5 Å². The Bertz CT molecular complexity index is 939. The second-order valence-electron chi connectivity index (χ2n) is 6.61. The van der Waals surface area contributed by atoms with Crippen molar-refractivity contribution in [2.24, 2.45) is 0 Å². The molecule has 1 N–H and O–H groups in total. The molecule has 0 radical (unpaired) electrons. The zero-order valence-electron chi connectivity index (χ0n) is 15.7. The minimum Gasteiger partial charge on any atom is -0.497 e. The number of amides is 1. The normalized spacial score (nSPS) is 14.8. The van der Waals surface area contributed by atoms with E-state index in [9.17, 15) is 17.6 Å².